The van der Waals surface area contributed by atoms with Crippen molar-refractivity contribution in [2.75, 3.05) is 0 Å². The molecule has 4 nitrogen and oxygen atoms in total. The van der Waals surface area contributed by atoms with E-state index in [1.165, 1.54) is 148 Å². The summed E-state index contributed by atoms with van der Waals surface area (Å²) < 4.78 is 0. The minimum atomic E-state index is 0.381. The second-order valence-corrected chi connectivity index (χ2v) is 40.1. The molecule has 4 aliphatic heterocycles. The Hall–Kier alpha value is -0.0301. The van der Waals surface area contributed by atoms with Gasteiger partial charge < -0.3 is 0 Å². The molecule has 6 heteroatoms. The lowest BCUT2D eigenvalue weighted by molar-refractivity contribution is -0.167. The molecule has 18 rings (SSSR count). The number of fused-ring (bicyclic) bond motifs is 10. The van der Waals surface area contributed by atoms with Crippen molar-refractivity contribution in [3.63, 3.8) is 0 Å². The maximum Gasteiger partial charge on any atom is 0.156 e. The molecule has 0 amide bonds. The van der Waals surface area contributed by atoms with E-state index in [0.29, 0.717) is 10.8 Å². The Morgan fingerprint density at radius 2 is 0.625 bits per heavy atom. The average Bonchev–Trinajstić information content (AvgIpc) is 0.717. The fourth-order valence-electron chi connectivity index (χ4n) is 32.7. The van der Waals surface area contributed by atoms with Gasteiger partial charge in [0.15, 0.2) is 13.4 Å². The molecule has 18 aliphatic rings. The number of nitrogens with zero attached hydrogens (tertiary/aromatic N) is 4. The molecule has 88 heavy (non-hydrogen) atoms. The molecule has 14 aliphatic carbocycles. The lowest BCUT2D eigenvalue weighted by Crippen LogP contribution is -2.78. The standard InChI is InChI=1S/C82H136B2N4/c1-81(2,3)54-45-72-79-74(47-54)87(58-31-15-9-16-32-58)70-50-71-67(49-66(70)83(79)64-38-19-20-39-68(64)85(72)56-27-11-7-12-28-56)84-65-44-53(60-42-40-52-26-22-36-62-61-35-21-24-51-25-23-37-63(76(51)61)78(60)77(52)62)41-43-69(65)86(57-29-13-8-14-30-57)73-46-55(82(4,5)6)48-75(80(73)84)88(71)59-33-17-10-18-34-59/h51-80H,7-50H2,1-6H3/t51-,52?,53?,54-,55?,60+,61?,62?,63?,64?,65?,66-,67+,68?,69?,70?,71?,72?,73?,74?,75?,76+,77?,78?,79?,80?/m1/s1. The number of hydrogen-bond donors (Lipinski definition) is 0. The zero-order valence-corrected chi connectivity index (χ0v) is 58.4. The number of rotatable bonds is 5. The summed E-state index contributed by atoms with van der Waals surface area (Å²) in [5.74, 6) is 18.4. The molecule has 20 unspecified atom stereocenters. The first-order chi connectivity index (χ1) is 43.0. The number of hydrogen-bond acceptors (Lipinski definition) is 4. The van der Waals surface area contributed by atoms with Crippen molar-refractivity contribution in [3.05, 3.63) is 0 Å². The van der Waals surface area contributed by atoms with Gasteiger partial charge in [-0.1, -0.05) is 189 Å². The largest absolute Gasteiger partial charge is 0.295 e. The van der Waals surface area contributed by atoms with Crippen molar-refractivity contribution in [2.45, 2.75) is 431 Å². The molecule has 0 bridgehead atoms. The van der Waals surface area contributed by atoms with Gasteiger partial charge in [0.2, 0.25) is 0 Å². The Labute approximate surface area is 543 Å². The summed E-state index contributed by atoms with van der Waals surface area (Å²) in [5, 5.41) is 0. The third-order valence-corrected chi connectivity index (χ3v) is 35.3. The second kappa shape index (κ2) is 23.9. The molecule has 0 N–H and O–H groups in total. The fourth-order valence-corrected chi connectivity index (χ4v) is 32.7. The Bertz CT molecular complexity index is 2410. The van der Waals surface area contributed by atoms with E-state index in [-0.39, 0.29) is 0 Å². The SMILES string of the molecule is CC(C)(C)C1CC2C3B(C4CC([C@@H]5CCC6CCCC7C6C5C5CCC[C@H]6CCCC7[C@@H]56)CCC4N2C2CCCCC2)[C@H]2C[C@H]4B5C6CCCCC6N(C6CCCCC6)C6C[C@@H](C(C)(C)C)CC(C56)N(C5CCCCC5)C4CC2N(C2CCCCC2)C3C1. The highest BCUT2D eigenvalue weighted by Crippen LogP contribution is 2.73. The topological polar surface area (TPSA) is 13.0 Å². The van der Waals surface area contributed by atoms with Crippen LogP contribution in [0.3, 0.4) is 0 Å². The van der Waals surface area contributed by atoms with Crippen LogP contribution in [0, 0.1) is 81.8 Å². The van der Waals surface area contributed by atoms with Crippen molar-refractivity contribution >= 4 is 13.4 Å². The molecule has 0 aromatic carbocycles. The maximum atomic E-state index is 3.71. The van der Waals surface area contributed by atoms with Gasteiger partial charge >= 0.3 is 0 Å². The van der Waals surface area contributed by atoms with Crippen molar-refractivity contribution in [2.24, 2.45) is 81.8 Å². The van der Waals surface area contributed by atoms with Gasteiger partial charge in [-0.2, -0.15) is 0 Å². The highest BCUT2D eigenvalue weighted by molar-refractivity contribution is 6.67. The molecule has 14 saturated carbocycles. The zero-order chi connectivity index (χ0) is 58.9. The van der Waals surface area contributed by atoms with E-state index in [9.17, 15) is 0 Å². The Kier molecular flexibility index (Phi) is 16.4. The van der Waals surface area contributed by atoms with E-state index in [2.05, 4.69) is 61.1 Å². The van der Waals surface area contributed by atoms with Crippen molar-refractivity contribution in [3.8, 4) is 0 Å². The van der Waals surface area contributed by atoms with Gasteiger partial charge in [0.1, 0.15) is 0 Å². The van der Waals surface area contributed by atoms with Crippen LogP contribution >= 0.6 is 0 Å². The molecular formula is C82H136B2N4. The minimum Gasteiger partial charge on any atom is -0.295 e. The fraction of sp³-hybridized carbons (Fsp3) is 1.00. The van der Waals surface area contributed by atoms with Gasteiger partial charge in [-0.3, -0.25) is 19.6 Å². The first-order valence-electron chi connectivity index (χ1n) is 42.1. The van der Waals surface area contributed by atoms with Gasteiger partial charge in [0, 0.05) is 72.5 Å². The Balaban J connectivity index is 0.786. The summed E-state index contributed by atoms with van der Waals surface area (Å²) in [6, 6.07) is 10.2. The van der Waals surface area contributed by atoms with Gasteiger partial charge in [-0.25, -0.2) is 0 Å². The summed E-state index contributed by atoms with van der Waals surface area (Å²) in [7, 11) is 0. The van der Waals surface area contributed by atoms with Crippen LogP contribution in [0.1, 0.15) is 324 Å². The molecule has 4 heterocycles. The van der Waals surface area contributed by atoms with E-state index in [0.717, 1.165) is 192 Å². The van der Waals surface area contributed by atoms with E-state index in [1.54, 1.807) is 135 Å². The van der Waals surface area contributed by atoms with Crippen LogP contribution in [-0.4, -0.2) is 106 Å². The quantitative estimate of drug-likeness (QED) is 0.254. The molecule has 26 atom stereocenters. The van der Waals surface area contributed by atoms with Gasteiger partial charge in [-0.15, -0.1) is 0 Å². The maximum absolute atomic E-state index is 3.71. The Morgan fingerprint density at radius 1 is 0.239 bits per heavy atom. The molecule has 18 fully saturated rings. The normalized spacial score (nSPS) is 50.9. The van der Waals surface area contributed by atoms with Crippen molar-refractivity contribution < 1.29 is 0 Å². The highest BCUT2D eigenvalue weighted by atomic mass is 15.3. The van der Waals surface area contributed by atoms with Crippen LogP contribution in [0.25, 0.3) is 0 Å². The van der Waals surface area contributed by atoms with Crippen LogP contribution < -0.4 is 0 Å². The van der Waals surface area contributed by atoms with Crippen LogP contribution in [0.15, 0.2) is 0 Å². The molecule has 4 saturated heterocycles. The highest BCUT2D eigenvalue weighted by Gasteiger charge is 2.72. The van der Waals surface area contributed by atoms with E-state index < -0.39 is 0 Å². The first kappa shape index (κ1) is 60.4. The lowest BCUT2D eigenvalue weighted by Gasteiger charge is -2.74. The molecule has 0 radical (unpaired) electrons. The zero-order valence-electron chi connectivity index (χ0n) is 58.4. The van der Waals surface area contributed by atoms with Gasteiger partial charge in [0.25, 0.3) is 0 Å². The molecule has 0 aromatic rings. The smallest absolute Gasteiger partial charge is 0.156 e. The van der Waals surface area contributed by atoms with E-state index in [1.807, 2.05) is 0 Å². The first-order valence-corrected chi connectivity index (χ1v) is 42.1. The van der Waals surface area contributed by atoms with Crippen LogP contribution in [-0.2, 0) is 0 Å². The van der Waals surface area contributed by atoms with E-state index in [4.69, 9.17) is 0 Å². The predicted molar refractivity (Wildman–Crippen MR) is 371 cm³/mol. The summed E-state index contributed by atoms with van der Waals surface area (Å²) in [6.07, 6.45) is 68.8. The van der Waals surface area contributed by atoms with Crippen LogP contribution in [0.5, 0.6) is 0 Å². The van der Waals surface area contributed by atoms with Crippen LogP contribution in [0.4, 0.5) is 0 Å². The third kappa shape index (κ3) is 9.85. The van der Waals surface area contributed by atoms with Crippen molar-refractivity contribution in [1.29, 1.82) is 0 Å². The van der Waals surface area contributed by atoms with Gasteiger partial charge in [-0.05, 0) is 252 Å². The summed E-state index contributed by atoms with van der Waals surface area (Å²) in [5.41, 5.74) is 0.768. The summed E-state index contributed by atoms with van der Waals surface area (Å²) >= 11 is 0. The monoisotopic (exact) mass is 1200 g/mol. The molecule has 490 valence electrons. The predicted octanol–water partition coefficient (Wildman–Crippen LogP) is 20.7. The van der Waals surface area contributed by atoms with Crippen molar-refractivity contribution in [1.82, 2.24) is 19.6 Å². The summed E-state index contributed by atoms with van der Waals surface area (Å²) in [6.45, 7) is 18.4. The average molecular weight is 1200 g/mol. The second-order valence-electron chi connectivity index (χ2n) is 40.1. The van der Waals surface area contributed by atoms with E-state index >= 15 is 0 Å². The van der Waals surface area contributed by atoms with Crippen LogP contribution in [0.2, 0.25) is 34.9 Å². The van der Waals surface area contributed by atoms with Gasteiger partial charge in [0.05, 0.1) is 0 Å². The molecular weight excluding hydrogens is 1060 g/mol. The molecule has 0 spiro atoms. The Morgan fingerprint density at radius 3 is 1.11 bits per heavy atom. The molecule has 0 aromatic heterocycles. The third-order valence-electron chi connectivity index (χ3n) is 35.3. The minimum absolute atomic E-state index is 0.381. The lowest BCUT2D eigenvalue weighted by atomic mass is 9.13. The summed E-state index contributed by atoms with van der Waals surface area (Å²) in [4.78, 5) is 14.6.